The minimum atomic E-state index is 0.829. The first-order chi connectivity index (χ1) is 7.75. The number of rotatable bonds is 4. The van der Waals surface area contributed by atoms with Crippen LogP contribution in [0.3, 0.4) is 0 Å². The Morgan fingerprint density at radius 1 is 1.44 bits per heavy atom. The summed E-state index contributed by atoms with van der Waals surface area (Å²) in [6.45, 7) is 3.08. The van der Waals surface area contributed by atoms with Crippen LogP contribution in [-0.2, 0) is 6.54 Å². The first kappa shape index (κ1) is 11.1. The molecule has 0 amide bonds. The number of aromatic nitrogens is 2. The van der Waals surface area contributed by atoms with Crippen LogP contribution in [0.5, 0.6) is 0 Å². The highest BCUT2D eigenvalue weighted by Crippen LogP contribution is 2.24. The standard InChI is InChI=1S/C12H15N3S/c1-10-2-3-11(13)8-12(10)16-7-6-15-5-4-14-9-15/h2-5,8-9H,6-7,13H2,1H3. The minimum absolute atomic E-state index is 0.829. The van der Waals surface area contributed by atoms with Crippen molar-refractivity contribution in [3.05, 3.63) is 42.5 Å². The molecule has 4 heteroatoms. The van der Waals surface area contributed by atoms with Crippen LogP contribution in [-0.4, -0.2) is 15.3 Å². The Morgan fingerprint density at radius 2 is 2.31 bits per heavy atom. The van der Waals surface area contributed by atoms with Crippen molar-refractivity contribution in [3.8, 4) is 0 Å². The second-order valence-electron chi connectivity index (χ2n) is 3.67. The largest absolute Gasteiger partial charge is 0.399 e. The molecule has 0 aliphatic rings. The average molecular weight is 233 g/mol. The highest BCUT2D eigenvalue weighted by atomic mass is 32.2. The van der Waals surface area contributed by atoms with Crippen LogP contribution in [0.1, 0.15) is 5.56 Å². The van der Waals surface area contributed by atoms with Crippen LogP contribution in [0.4, 0.5) is 5.69 Å². The van der Waals surface area contributed by atoms with Crippen molar-refractivity contribution < 1.29 is 0 Å². The number of hydrogen-bond acceptors (Lipinski definition) is 3. The monoisotopic (exact) mass is 233 g/mol. The lowest BCUT2D eigenvalue weighted by atomic mass is 10.2. The van der Waals surface area contributed by atoms with Gasteiger partial charge in [-0.2, -0.15) is 0 Å². The third-order valence-corrected chi connectivity index (χ3v) is 3.52. The van der Waals surface area contributed by atoms with E-state index in [4.69, 9.17) is 5.73 Å². The Hall–Kier alpha value is -1.42. The molecule has 0 radical (unpaired) electrons. The summed E-state index contributed by atoms with van der Waals surface area (Å²) in [7, 11) is 0. The average Bonchev–Trinajstić information content (AvgIpc) is 2.76. The molecule has 0 fully saturated rings. The molecule has 1 aromatic heterocycles. The Labute approximate surface area is 99.7 Å². The summed E-state index contributed by atoms with van der Waals surface area (Å²) in [4.78, 5) is 5.28. The zero-order chi connectivity index (χ0) is 11.4. The van der Waals surface area contributed by atoms with Crippen LogP contribution in [0.15, 0.2) is 41.8 Å². The van der Waals surface area contributed by atoms with Gasteiger partial charge in [0.15, 0.2) is 0 Å². The van der Waals surface area contributed by atoms with Gasteiger partial charge in [-0.05, 0) is 24.6 Å². The molecule has 0 saturated heterocycles. The number of nitrogens with zero attached hydrogens (tertiary/aromatic N) is 2. The fourth-order valence-electron chi connectivity index (χ4n) is 1.45. The molecular weight excluding hydrogens is 218 g/mol. The van der Waals surface area contributed by atoms with Crippen LogP contribution in [0, 0.1) is 6.92 Å². The summed E-state index contributed by atoms with van der Waals surface area (Å²) < 4.78 is 2.08. The van der Waals surface area contributed by atoms with E-state index in [0.29, 0.717) is 0 Å². The molecule has 2 N–H and O–H groups in total. The van der Waals surface area contributed by atoms with E-state index in [0.717, 1.165) is 18.0 Å². The van der Waals surface area contributed by atoms with Gasteiger partial charge in [0.2, 0.25) is 0 Å². The van der Waals surface area contributed by atoms with E-state index in [1.807, 2.05) is 36.4 Å². The van der Waals surface area contributed by atoms with Gasteiger partial charge in [0, 0.05) is 35.3 Å². The number of nitrogen functional groups attached to an aromatic ring is 1. The molecule has 3 nitrogen and oxygen atoms in total. The second kappa shape index (κ2) is 5.07. The van der Waals surface area contributed by atoms with E-state index >= 15 is 0 Å². The zero-order valence-electron chi connectivity index (χ0n) is 9.26. The van der Waals surface area contributed by atoms with Gasteiger partial charge >= 0.3 is 0 Å². The number of anilines is 1. The molecule has 0 aliphatic carbocycles. The zero-order valence-corrected chi connectivity index (χ0v) is 10.1. The molecule has 2 aromatic rings. The normalized spacial score (nSPS) is 10.6. The minimum Gasteiger partial charge on any atom is -0.399 e. The molecule has 0 aliphatic heterocycles. The van der Waals surface area contributed by atoms with E-state index in [2.05, 4.69) is 22.5 Å². The fraction of sp³-hybridized carbons (Fsp3) is 0.250. The van der Waals surface area contributed by atoms with Gasteiger partial charge in [0.05, 0.1) is 6.33 Å². The molecule has 16 heavy (non-hydrogen) atoms. The predicted molar refractivity (Wildman–Crippen MR) is 68.5 cm³/mol. The third-order valence-electron chi connectivity index (χ3n) is 2.38. The number of hydrogen-bond donors (Lipinski definition) is 1. The molecule has 0 bridgehead atoms. The van der Waals surface area contributed by atoms with Crippen molar-refractivity contribution in [2.45, 2.75) is 18.4 Å². The first-order valence-corrected chi connectivity index (χ1v) is 6.19. The highest BCUT2D eigenvalue weighted by molar-refractivity contribution is 7.99. The Bertz CT molecular complexity index is 451. The van der Waals surface area contributed by atoms with E-state index < -0.39 is 0 Å². The van der Waals surface area contributed by atoms with Crippen molar-refractivity contribution in [1.82, 2.24) is 9.55 Å². The van der Waals surface area contributed by atoms with Crippen molar-refractivity contribution in [2.75, 3.05) is 11.5 Å². The van der Waals surface area contributed by atoms with E-state index in [9.17, 15) is 0 Å². The molecule has 0 atom stereocenters. The molecule has 1 aromatic carbocycles. The van der Waals surface area contributed by atoms with E-state index in [1.54, 1.807) is 6.20 Å². The summed E-state index contributed by atoms with van der Waals surface area (Å²) in [5.41, 5.74) is 7.88. The molecule has 2 rings (SSSR count). The van der Waals surface area contributed by atoms with Gasteiger partial charge in [0.25, 0.3) is 0 Å². The van der Waals surface area contributed by atoms with Crippen LogP contribution in [0.25, 0.3) is 0 Å². The second-order valence-corrected chi connectivity index (χ2v) is 4.81. The topological polar surface area (TPSA) is 43.8 Å². The van der Waals surface area contributed by atoms with Gasteiger partial charge < -0.3 is 10.3 Å². The quantitative estimate of drug-likeness (QED) is 0.652. The maximum absolute atomic E-state index is 5.77. The predicted octanol–water partition coefficient (Wildman–Crippen LogP) is 2.57. The summed E-state index contributed by atoms with van der Waals surface area (Å²) in [6, 6.07) is 6.04. The maximum Gasteiger partial charge on any atom is 0.0946 e. The Morgan fingerprint density at radius 3 is 3.06 bits per heavy atom. The van der Waals surface area contributed by atoms with Gasteiger partial charge in [-0.25, -0.2) is 4.98 Å². The van der Waals surface area contributed by atoms with E-state index in [1.165, 1.54) is 10.5 Å². The summed E-state index contributed by atoms with van der Waals surface area (Å²) in [5, 5.41) is 0. The van der Waals surface area contributed by atoms with Crippen LogP contribution >= 0.6 is 11.8 Å². The lowest BCUT2D eigenvalue weighted by molar-refractivity contribution is 0.770. The van der Waals surface area contributed by atoms with Crippen LogP contribution in [0.2, 0.25) is 0 Å². The SMILES string of the molecule is Cc1ccc(N)cc1SCCn1ccnc1. The third kappa shape index (κ3) is 2.79. The Kier molecular flexibility index (Phi) is 3.51. The van der Waals surface area contributed by atoms with Gasteiger partial charge in [0.1, 0.15) is 0 Å². The molecular formula is C12H15N3S. The number of thioether (sulfide) groups is 1. The molecule has 84 valence electrons. The summed E-state index contributed by atoms with van der Waals surface area (Å²) in [6.07, 6.45) is 5.62. The van der Waals surface area contributed by atoms with Crippen molar-refractivity contribution in [1.29, 1.82) is 0 Å². The fourth-order valence-corrected chi connectivity index (χ4v) is 2.49. The lowest BCUT2D eigenvalue weighted by Crippen LogP contribution is -1.97. The number of benzene rings is 1. The maximum atomic E-state index is 5.77. The smallest absolute Gasteiger partial charge is 0.0946 e. The molecule has 1 heterocycles. The van der Waals surface area contributed by atoms with Crippen molar-refractivity contribution in [2.24, 2.45) is 0 Å². The van der Waals surface area contributed by atoms with Crippen molar-refractivity contribution >= 4 is 17.4 Å². The number of nitrogens with two attached hydrogens (primary N) is 1. The first-order valence-electron chi connectivity index (χ1n) is 5.20. The molecule has 0 saturated carbocycles. The lowest BCUT2D eigenvalue weighted by Gasteiger charge is -2.06. The van der Waals surface area contributed by atoms with Gasteiger partial charge in [-0.3, -0.25) is 0 Å². The van der Waals surface area contributed by atoms with E-state index in [-0.39, 0.29) is 0 Å². The van der Waals surface area contributed by atoms with Gasteiger partial charge in [-0.15, -0.1) is 11.8 Å². The molecule has 0 unspecified atom stereocenters. The summed E-state index contributed by atoms with van der Waals surface area (Å²) in [5.74, 6) is 1.03. The Balaban J connectivity index is 1.92. The number of aryl methyl sites for hydroxylation is 2. The summed E-state index contributed by atoms with van der Waals surface area (Å²) >= 11 is 1.83. The highest BCUT2D eigenvalue weighted by Gasteiger charge is 2.00. The van der Waals surface area contributed by atoms with Crippen LogP contribution < -0.4 is 5.73 Å². The van der Waals surface area contributed by atoms with Crippen molar-refractivity contribution in [3.63, 3.8) is 0 Å². The molecule has 0 spiro atoms. The van der Waals surface area contributed by atoms with Gasteiger partial charge in [-0.1, -0.05) is 6.07 Å². The number of imidazole rings is 1.